The fourth-order valence-corrected chi connectivity index (χ4v) is 2.20. The lowest BCUT2D eigenvalue weighted by molar-refractivity contribution is -0.128. The van der Waals surface area contributed by atoms with Gasteiger partial charge in [0, 0.05) is 6.54 Å². The zero-order valence-electron chi connectivity index (χ0n) is 12.3. The summed E-state index contributed by atoms with van der Waals surface area (Å²) in [5, 5.41) is 12.0. The van der Waals surface area contributed by atoms with Gasteiger partial charge in [-0.05, 0) is 49.4 Å². The lowest BCUT2D eigenvalue weighted by Gasteiger charge is -2.22. The van der Waals surface area contributed by atoms with E-state index in [4.69, 9.17) is 0 Å². The highest BCUT2D eigenvalue weighted by Gasteiger charge is 2.34. The lowest BCUT2D eigenvalue weighted by Crippen LogP contribution is -2.40. The van der Waals surface area contributed by atoms with Crippen molar-refractivity contribution in [3.63, 3.8) is 0 Å². The third-order valence-corrected chi connectivity index (χ3v) is 3.84. The van der Waals surface area contributed by atoms with Crippen LogP contribution in [0.5, 0.6) is 0 Å². The summed E-state index contributed by atoms with van der Waals surface area (Å²) in [7, 11) is 0. The molecule has 0 unspecified atom stereocenters. The molecule has 108 valence electrons. The number of nitrogens with one attached hydrogen (secondary N) is 1. The number of hydrogen-bond donors (Lipinski definition) is 1. The molecular formula is C16H21FN2O. The topological polar surface area (TPSA) is 52.9 Å². The van der Waals surface area contributed by atoms with Crippen LogP contribution in [0.4, 0.5) is 4.39 Å². The van der Waals surface area contributed by atoms with E-state index in [0.717, 1.165) is 11.1 Å². The molecule has 1 N–H and O–H groups in total. The molecule has 0 aliphatic heterocycles. The third kappa shape index (κ3) is 3.57. The molecule has 4 heteroatoms. The van der Waals surface area contributed by atoms with Crippen molar-refractivity contribution in [3.8, 4) is 6.07 Å². The molecule has 0 heterocycles. The summed E-state index contributed by atoms with van der Waals surface area (Å²) in [6, 6.07) is 6.75. The molecule has 0 atom stereocenters. The monoisotopic (exact) mass is 276 g/mol. The summed E-state index contributed by atoms with van der Waals surface area (Å²) in [5.74, 6) is -0.472. The Bertz CT molecular complexity index is 516. The quantitative estimate of drug-likeness (QED) is 0.868. The Morgan fingerprint density at radius 3 is 2.55 bits per heavy atom. The van der Waals surface area contributed by atoms with Crippen LogP contribution < -0.4 is 5.32 Å². The van der Waals surface area contributed by atoms with Gasteiger partial charge < -0.3 is 5.32 Å². The highest BCUT2D eigenvalue weighted by molar-refractivity contribution is 5.85. The van der Waals surface area contributed by atoms with E-state index in [1.807, 2.05) is 20.8 Å². The molecule has 0 saturated heterocycles. The van der Waals surface area contributed by atoms with Gasteiger partial charge in [-0.25, -0.2) is 4.39 Å². The van der Waals surface area contributed by atoms with Crippen LogP contribution in [-0.4, -0.2) is 12.5 Å². The first-order valence-corrected chi connectivity index (χ1v) is 6.93. The van der Waals surface area contributed by atoms with Gasteiger partial charge in [-0.15, -0.1) is 0 Å². The molecule has 0 aliphatic rings. The summed E-state index contributed by atoms with van der Waals surface area (Å²) in [4.78, 5) is 12.1. The molecule has 0 aromatic heterocycles. The number of halogens is 1. The number of amides is 1. The van der Waals surface area contributed by atoms with E-state index in [2.05, 4.69) is 11.4 Å². The van der Waals surface area contributed by atoms with E-state index in [1.165, 1.54) is 12.1 Å². The molecule has 0 spiro atoms. The smallest absolute Gasteiger partial charge is 0.240 e. The van der Waals surface area contributed by atoms with Crippen molar-refractivity contribution in [3.05, 3.63) is 35.1 Å². The maximum Gasteiger partial charge on any atom is 0.240 e. The standard InChI is InChI=1S/C16H21FN2O/c1-4-16(5-2,11-18)15(20)19-9-8-13-6-7-14(17)10-12(13)3/h6-7,10H,4-5,8-9H2,1-3H3,(H,19,20). The van der Waals surface area contributed by atoms with Gasteiger partial charge in [-0.1, -0.05) is 19.9 Å². The molecule has 1 aromatic carbocycles. The molecule has 1 amide bonds. The zero-order valence-corrected chi connectivity index (χ0v) is 12.3. The first kappa shape index (κ1) is 16.2. The molecule has 1 rings (SSSR count). The van der Waals surface area contributed by atoms with Crippen LogP contribution in [0, 0.1) is 29.5 Å². The van der Waals surface area contributed by atoms with Crippen LogP contribution in [0.2, 0.25) is 0 Å². The Morgan fingerprint density at radius 2 is 2.05 bits per heavy atom. The van der Waals surface area contributed by atoms with Crippen molar-refractivity contribution in [2.75, 3.05) is 6.54 Å². The molecule has 0 bridgehead atoms. The van der Waals surface area contributed by atoms with Crippen molar-refractivity contribution in [1.29, 1.82) is 5.26 Å². The number of carbonyl (C=O) groups excluding carboxylic acids is 1. The fraction of sp³-hybridized carbons (Fsp3) is 0.500. The number of nitrogens with zero attached hydrogens (tertiary/aromatic N) is 1. The molecule has 3 nitrogen and oxygen atoms in total. The van der Waals surface area contributed by atoms with Gasteiger partial charge in [0.15, 0.2) is 0 Å². The van der Waals surface area contributed by atoms with Gasteiger partial charge >= 0.3 is 0 Å². The van der Waals surface area contributed by atoms with Crippen LogP contribution in [0.15, 0.2) is 18.2 Å². The molecule has 1 aromatic rings. The van der Waals surface area contributed by atoms with Gasteiger partial charge in [0.1, 0.15) is 11.2 Å². The highest BCUT2D eigenvalue weighted by atomic mass is 19.1. The Kier molecular flexibility index (Phi) is 5.69. The normalized spacial score (nSPS) is 10.9. The predicted octanol–water partition coefficient (Wildman–Crippen LogP) is 3.12. The van der Waals surface area contributed by atoms with Gasteiger partial charge in [0.2, 0.25) is 5.91 Å². The SMILES string of the molecule is CCC(C#N)(CC)C(=O)NCCc1ccc(F)cc1C. The molecule has 20 heavy (non-hydrogen) atoms. The number of nitriles is 1. The molecule has 0 radical (unpaired) electrons. The Balaban J connectivity index is 2.60. The van der Waals surface area contributed by atoms with Gasteiger partial charge in [-0.3, -0.25) is 4.79 Å². The predicted molar refractivity (Wildman–Crippen MR) is 76.5 cm³/mol. The molecule has 0 fully saturated rings. The maximum atomic E-state index is 13.0. The van der Waals surface area contributed by atoms with E-state index in [0.29, 0.717) is 25.8 Å². The third-order valence-electron chi connectivity index (χ3n) is 3.84. The Labute approximate surface area is 119 Å². The second-order valence-electron chi connectivity index (χ2n) is 4.98. The largest absolute Gasteiger partial charge is 0.354 e. The van der Waals surface area contributed by atoms with E-state index in [-0.39, 0.29) is 11.7 Å². The van der Waals surface area contributed by atoms with Crippen molar-refractivity contribution in [2.45, 2.75) is 40.0 Å². The summed E-state index contributed by atoms with van der Waals surface area (Å²) < 4.78 is 13.0. The Morgan fingerprint density at radius 1 is 1.40 bits per heavy atom. The number of hydrogen-bond acceptors (Lipinski definition) is 2. The average Bonchev–Trinajstić information content (AvgIpc) is 2.44. The van der Waals surface area contributed by atoms with Crippen molar-refractivity contribution >= 4 is 5.91 Å². The average molecular weight is 276 g/mol. The van der Waals surface area contributed by atoms with Gasteiger partial charge in [0.25, 0.3) is 0 Å². The van der Waals surface area contributed by atoms with Crippen molar-refractivity contribution < 1.29 is 9.18 Å². The van der Waals surface area contributed by atoms with E-state index < -0.39 is 5.41 Å². The van der Waals surface area contributed by atoms with Crippen LogP contribution in [-0.2, 0) is 11.2 Å². The summed E-state index contributed by atoms with van der Waals surface area (Å²) in [5.41, 5.74) is 0.941. The lowest BCUT2D eigenvalue weighted by atomic mass is 9.83. The maximum absolute atomic E-state index is 13.0. The highest BCUT2D eigenvalue weighted by Crippen LogP contribution is 2.25. The minimum atomic E-state index is -0.933. The molecule has 0 aliphatic carbocycles. The summed E-state index contributed by atoms with van der Waals surface area (Å²) in [6.45, 7) is 5.99. The van der Waals surface area contributed by atoms with Crippen molar-refractivity contribution in [1.82, 2.24) is 5.32 Å². The number of aryl methyl sites for hydroxylation is 1. The van der Waals surface area contributed by atoms with Crippen LogP contribution >= 0.6 is 0 Å². The fourth-order valence-electron chi connectivity index (χ4n) is 2.20. The van der Waals surface area contributed by atoms with E-state index >= 15 is 0 Å². The summed E-state index contributed by atoms with van der Waals surface area (Å²) >= 11 is 0. The second-order valence-corrected chi connectivity index (χ2v) is 4.98. The number of benzene rings is 1. The number of carbonyl (C=O) groups is 1. The first-order valence-electron chi connectivity index (χ1n) is 6.93. The summed E-state index contributed by atoms with van der Waals surface area (Å²) in [6.07, 6.45) is 1.63. The van der Waals surface area contributed by atoms with Gasteiger partial charge in [-0.2, -0.15) is 5.26 Å². The first-order chi connectivity index (χ1) is 9.49. The van der Waals surface area contributed by atoms with Crippen molar-refractivity contribution in [2.24, 2.45) is 5.41 Å². The van der Waals surface area contributed by atoms with E-state index in [9.17, 15) is 14.4 Å². The minimum absolute atomic E-state index is 0.218. The van der Waals surface area contributed by atoms with Crippen LogP contribution in [0.1, 0.15) is 37.8 Å². The second kappa shape index (κ2) is 7.04. The van der Waals surface area contributed by atoms with Gasteiger partial charge in [0.05, 0.1) is 6.07 Å². The van der Waals surface area contributed by atoms with Crippen LogP contribution in [0.25, 0.3) is 0 Å². The van der Waals surface area contributed by atoms with E-state index in [1.54, 1.807) is 6.07 Å². The molecule has 0 saturated carbocycles. The number of rotatable bonds is 6. The molecular weight excluding hydrogens is 255 g/mol. The minimum Gasteiger partial charge on any atom is -0.354 e. The zero-order chi connectivity index (χ0) is 15.2. The Hall–Kier alpha value is -1.89. The van der Waals surface area contributed by atoms with Crippen LogP contribution in [0.3, 0.4) is 0 Å².